The fourth-order valence-corrected chi connectivity index (χ4v) is 1.89. The van der Waals surface area contributed by atoms with Crippen molar-refractivity contribution in [1.82, 2.24) is 5.32 Å². The first-order valence-electron chi connectivity index (χ1n) is 6.21. The summed E-state index contributed by atoms with van der Waals surface area (Å²) in [4.78, 5) is 0. The third-order valence-corrected chi connectivity index (χ3v) is 3.26. The van der Waals surface area contributed by atoms with Crippen molar-refractivity contribution < 1.29 is 4.74 Å². The van der Waals surface area contributed by atoms with Gasteiger partial charge in [-0.15, -0.1) is 0 Å². The Morgan fingerprint density at radius 1 is 1.20 bits per heavy atom. The van der Waals surface area contributed by atoms with Gasteiger partial charge in [-0.2, -0.15) is 0 Å². The van der Waals surface area contributed by atoms with E-state index < -0.39 is 0 Å². The van der Waals surface area contributed by atoms with Crippen molar-refractivity contribution in [3.63, 3.8) is 0 Å². The number of nitrogens with one attached hydrogen (secondary N) is 1. The average molecular weight is 213 g/mol. The Kier molecular flexibility index (Phi) is 4.60. The highest BCUT2D eigenvalue weighted by Gasteiger charge is 2.41. The molecule has 1 rings (SSSR count). The number of ether oxygens (including phenoxy) is 1. The maximum atomic E-state index is 5.08. The Balaban J connectivity index is 2.11. The third kappa shape index (κ3) is 5.53. The molecule has 2 heteroatoms. The van der Waals surface area contributed by atoms with Crippen LogP contribution in [-0.2, 0) is 4.74 Å². The minimum Gasteiger partial charge on any atom is -0.385 e. The lowest BCUT2D eigenvalue weighted by molar-refractivity contribution is 0.188. The lowest BCUT2D eigenvalue weighted by Crippen LogP contribution is -2.39. The first kappa shape index (κ1) is 13.0. The molecule has 0 saturated heterocycles. The molecule has 1 aliphatic carbocycles. The maximum Gasteiger partial charge on any atom is 0.0462 e. The molecular weight excluding hydrogens is 186 g/mol. The van der Waals surface area contributed by atoms with E-state index in [1.807, 2.05) is 0 Å². The minimum absolute atomic E-state index is 0.266. The summed E-state index contributed by atoms with van der Waals surface area (Å²) in [6, 6.07) is 0. The van der Waals surface area contributed by atoms with Crippen LogP contribution in [0.4, 0.5) is 0 Å². The zero-order valence-electron chi connectivity index (χ0n) is 10.9. The van der Waals surface area contributed by atoms with Gasteiger partial charge in [-0.25, -0.2) is 0 Å². The number of hydrogen-bond donors (Lipinski definition) is 1. The monoisotopic (exact) mass is 213 g/mol. The molecule has 0 atom stereocenters. The molecule has 0 radical (unpaired) electrons. The Morgan fingerprint density at radius 3 is 2.33 bits per heavy atom. The summed E-state index contributed by atoms with van der Waals surface area (Å²) in [7, 11) is 1.79. The average Bonchev–Trinajstić information content (AvgIpc) is 2.90. The molecule has 0 aromatic heterocycles. The maximum absolute atomic E-state index is 5.08. The van der Waals surface area contributed by atoms with Gasteiger partial charge in [0.1, 0.15) is 0 Å². The van der Waals surface area contributed by atoms with Crippen LogP contribution < -0.4 is 5.32 Å². The molecule has 1 aliphatic rings. The van der Waals surface area contributed by atoms with Crippen molar-refractivity contribution in [2.45, 2.75) is 58.4 Å². The van der Waals surface area contributed by atoms with Crippen LogP contribution in [0.15, 0.2) is 0 Å². The van der Waals surface area contributed by atoms with E-state index in [2.05, 4.69) is 26.1 Å². The Bertz CT molecular complexity index is 179. The van der Waals surface area contributed by atoms with Crippen LogP contribution in [0.1, 0.15) is 52.9 Å². The summed E-state index contributed by atoms with van der Waals surface area (Å²) in [6.45, 7) is 8.85. The number of rotatable bonds is 7. The van der Waals surface area contributed by atoms with Gasteiger partial charge >= 0.3 is 0 Å². The summed E-state index contributed by atoms with van der Waals surface area (Å²) in [5.74, 6) is 0. The van der Waals surface area contributed by atoms with Crippen molar-refractivity contribution in [1.29, 1.82) is 0 Å². The molecule has 15 heavy (non-hydrogen) atoms. The molecule has 1 N–H and O–H groups in total. The minimum atomic E-state index is 0.266. The Morgan fingerprint density at radius 2 is 1.87 bits per heavy atom. The zero-order valence-corrected chi connectivity index (χ0v) is 10.9. The van der Waals surface area contributed by atoms with Crippen LogP contribution in [0.3, 0.4) is 0 Å². The van der Waals surface area contributed by atoms with E-state index in [4.69, 9.17) is 4.74 Å². The van der Waals surface area contributed by atoms with Gasteiger partial charge in [0.2, 0.25) is 0 Å². The summed E-state index contributed by atoms with van der Waals surface area (Å²) in [5.41, 5.74) is 0.906. The predicted octanol–water partition coefficient (Wildman–Crippen LogP) is 2.97. The van der Waals surface area contributed by atoms with Gasteiger partial charge < -0.3 is 10.1 Å². The summed E-state index contributed by atoms with van der Waals surface area (Å²) >= 11 is 0. The standard InChI is InChI=1S/C13H27NO/c1-12(2,3)14-11-13(8-9-13)7-5-6-10-15-4/h14H,5-11H2,1-4H3. The normalized spacial score (nSPS) is 19.2. The first-order valence-corrected chi connectivity index (χ1v) is 6.21. The molecule has 0 amide bonds. The number of unbranched alkanes of at least 4 members (excludes halogenated alkanes) is 1. The highest BCUT2D eigenvalue weighted by Crippen LogP contribution is 2.49. The van der Waals surface area contributed by atoms with E-state index in [0.29, 0.717) is 5.41 Å². The molecule has 0 spiro atoms. The van der Waals surface area contributed by atoms with Gasteiger partial charge in [-0.05, 0) is 51.9 Å². The predicted molar refractivity (Wildman–Crippen MR) is 65.1 cm³/mol. The van der Waals surface area contributed by atoms with Gasteiger partial charge in [0.25, 0.3) is 0 Å². The number of methoxy groups -OCH3 is 1. The smallest absolute Gasteiger partial charge is 0.0462 e. The Labute approximate surface area is 94.8 Å². The van der Waals surface area contributed by atoms with E-state index in [9.17, 15) is 0 Å². The highest BCUT2D eigenvalue weighted by molar-refractivity contribution is 4.95. The van der Waals surface area contributed by atoms with Crippen molar-refractivity contribution in [2.75, 3.05) is 20.3 Å². The van der Waals surface area contributed by atoms with Crippen LogP contribution in [0, 0.1) is 5.41 Å². The lowest BCUT2D eigenvalue weighted by Gasteiger charge is -2.25. The molecule has 0 bridgehead atoms. The summed E-state index contributed by atoms with van der Waals surface area (Å²) in [5, 5.41) is 3.63. The van der Waals surface area contributed by atoms with Crippen molar-refractivity contribution in [3.8, 4) is 0 Å². The fourth-order valence-electron chi connectivity index (χ4n) is 1.89. The zero-order chi connectivity index (χ0) is 11.4. The van der Waals surface area contributed by atoms with E-state index in [1.165, 1.54) is 38.6 Å². The molecule has 1 saturated carbocycles. The second kappa shape index (κ2) is 5.31. The van der Waals surface area contributed by atoms with E-state index in [0.717, 1.165) is 6.61 Å². The summed E-state index contributed by atoms with van der Waals surface area (Å²) in [6.07, 6.45) is 6.75. The molecule has 0 aliphatic heterocycles. The van der Waals surface area contributed by atoms with Crippen LogP contribution >= 0.6 is 0 Å². The lowest BCUT2D eigenvalue weighted by atomic mass is 9.97. The molecule has 0 unspecified atom stereocenters. The van der Waals surface area contributed by atoms with Crippen LogP contribution in [-0.4, -0.2) is 25.8 Å². The second-order valence-corrected chi connectivity index (χ2v) is 6.05. The Hall–Kier alpha value is -0.0800. The van der Waals surface area contributed by atoms with Gasteiger partial charge in [0.15, 0.2) is 0 Å². The SMILES string of the molecule is COCCCCC1(CNC(C)(C)C)CC1. The number of hydrogen-bond acceptors (Lipinski definition) is 2. The molecule has 0 aromatic rings. The quantitative estimate of drug-likeness (QED) is 0.656. The van der Waals surface area contributed by atoms with Crippen molar-refractivity contribution in [2.24, 2.45) is 5.41 Å². The second-order valence-electron chi connectivity index (χ2n) is 6.05. The third-order valence-electron chi connectivity index (χ3n) is 3.26. The van der Waals surface area contributed by atoms with Crippen LogP contribution in [0.5, 0.6) is 0 Å². The van der Waals surface area contributed by atoms with Gasteiger partial charge in [-0.3, -0.25) is 0 Å². The van der Waals surface area contributed by atoms with Gasteiger partial charge in [0, 0.05) is 25.8 Å². The van der Waals surface area contributed by atoms with Gasteiger partial charge in [0.05, 0.1) is 0 Å². The van der Waals surface area contributed by atoms with Crippen LogP contribution in [0.2, 0.25) is 0 Å². The largest absolute Gasteiger partial charge is 0.385 e. The fraction of sp³-hybridized carbons (Fsp3) is 1.00. The molecule has 0 aromatic carbocycles. The molecular formula is C13H27NO. The van der Waals surface area contributed by atoms with E-state index >= 15 is 0 Å². The summed E-state index contributed by atoms with van der Waals surface area (Å²) < 4.78 is 5.08. The molecule has 0 heterocycles. The highest BCUT2D eigenvalue weighted by atomic mass is 16.5. The van der Waals surface area contributed by atoms with E-state index in [-0.39, 0.29) is 5.54 Å². The van der Waals surface area contributed by atoms with Crippen LogP contribution in [0.25, 0.3) is 0 Å². The molecule has 90 valence electrons. The van der Waals surface area contributed by atoms with Gasteiger partial charge in [-0.1, -0.05) is 6.42 Å². The molecule has 2 nitrogen and oxygen atoms in total. The van der Waals surface area contributed by atoms with E-state index in [1.54, 1.807) is 7.11 Å². The first-order chi connectivity index (χ1) is 6.97. The topological polar surface area (TPSA) is 21.3 Å². The van der Waals surface area contributed by atoms with Crippen molar-refractivity contribution in [3.05, 3.63) is 0 Å². The molecule has 1 fully saturated rings. The van der Waals surface area contributed by atoms with Crippen molar-refractivity contribution >= 4 is 0 Å².